The van der Waals surface area contributed by atoms with Gasteiger partial charge >= 0.3 is 0 Å². The molecular formula is C15H12N2O. The van der Waals surface area contributed by atoms with Crippen molar-refractivity contribution >= 4 is 11.8 Å². The van der Waals surface area contributed by atoms with E-state index < -0.39 is 0 Å². The average molecular weight is 236 g/mol. The molecule has 0 saturated carbocycles. The summed E-state index contributed by atoms with van der Waals surface area (Å²) in [4.78, 5) is 11.0. The first-order chi connectivity index (χ1) is 8.78. The van der Waals surface area contributed by atoms with Gasteiger partial charge in [-0.05, 0) is 25.1 Å². The van der Waals surface area contributed by atoms with E-state index in [0.29, 0.717) is 5.69 Å². The van der Waals surface area contributed by atoms with Crippen LogP contribution in [0.5, 0.6) is 0 Å². The highest BCUT2D eigenvalue weighted by Gasteiger charge is 2.06. The van der Waals surface area contributed by atoms with Gasteiger partial charge in [-0.25, -0.2) is 4.52 Å². The van der Waals surface area contributed by atoms with E-state index in [0.717, 1.165) is 23.1 Å². The molecule has 0 aliphatic heterocycles. The van der Waals surface area contributed by atoms with Crippen LogP contribution in [0.4, 0.5) is 0 Å². The van der Waals surface area contributed by atoms with Crippen LogP contribution in [0.2, 0.25) is 0 Å². The highest BCUT2D eigenvalue weighted by molar-refractivity contribution is 5.75. The van der Waals surface area contributed by atoms with E-state index in [-0.39, 0.29) is 0 Å². The van der Waals surface area contributed by atoms with Gasteiger partial charge in [0.25, 0.3) is 0 Å². The number of fused-ring (bicyclic) bond motifs is 1. The third-order valence-corrected chi connectivity index (χ3v) is 2.98. The van der Waals surface area contributed by atoms with Crippen molar-refractivity contribution in [3.63, 3.8) is 0 Å². The van der Waals surface area contributed by atoms with Crippen LogP contribution in [0.1, 0.15) is 16.1 Å². The Hall–Kier alpha value is -2.42. The molecule has 3 aromatic rings. The third-order valence-electron chi connectivity index (χ3n) is 2.98. The molecule has 2 heterocycles. The second-order valence-electron chi connectivity index (χ2n) is 4.30. The number of pyridine rings is 1. The van der Waals surface area contributed by atoms with Crippen LogP contribution in [0.25, 0.3) is 16.8 Å². The highest BCUT2D eigenvalue weighted by Crippen LogP contribution is 2.20. The van der Waals surface area contributed by atoms with Crippen molar-refractivity contribution in [2.45, 2.75) is 6.92 Å². The second-order valence-corrected chi connectivity index (χ2v) is 4.30. The fourth-order valence-electron chi connectivity index (χ4n) is 1.99. The van der Waals surface area contributed by atoms with Crippen molar-refractivity contribution in [3.8, 4) is 11.3 Å². The van der Waals surface area contributed by atoms with Crippen molar-refractivity contribution in [1.29, 1.82) is 0 Å². The van der Waals surface area contributed by atoms with Crippen molar-refractivity contribution in [2.24, 2.45) is 0 Å². The van der Waals surface area contributed by atoms with Gasteiger partial charge in [0.15, 0.2) is 6.29 Å². The summed E-state index contributed by atoms with van der Waals surface area (Å²) in [5, 5.41) is 4.47. The zero-order valence-corrected chi connectivity index (χ0v) is 10.00. The van der Waals surface area contributed by atoms with E-state index in [1.165, 1.54) is 5.56 Å². The quantitative estimate of drug-likeness (QED) is 0.641. The van der Waals surface area contributed by atoms with Gasteiger partial charge in [-0.2, -0.15) is 5.10 Å². The maximum absolute atomic E-state index is 11.0. The molecule has 0 atom stereocenters. The second kappa shape index (κ2) is 4.11. The number of nitrogens with zero attached hydrogens (tertiary/aromatic N) is 2. The molecule has 88 valence electrons. The van der Waals surface area contributed by atoms with Gasteiger partial charge in [0, 0.05) is 5.56 Å². The summed E-state index contributed by atoms with van der Waals surface area (Å²) in [5.41, 5.74) is 4.64. The maximum Gasteiger partial charge on any atom is 0.168 e. The number of aryl methyl sites for hydroxylation is 1. The zero-order chi connectivity index (χ0) is 12.5. The molecule has 0 fully saturated rings. The van der Waals surface area contributed by atoms with Crippen LogP contribution in [0.3, 0.4) is 0 Å². The Bertz CT molecular complexity index is 711. The van der Waals surface area contributed by atoms with Crippen molar-refractivity contribution in [3.05, 3.63) is 59.8 Å². The van der Waals surface area contributed by atoms with E-state index in [9.17, 15) is 4.79 Å². The van der Waals surface area contributed by atoms with E-state index in [1.54, 1.807) is 10.6 Å². The topological polar surface area (TPSA) is 34.4 Å². The molecular weight excluding hydrogens is 224 g/mol. The molecule has 0 saturated heterocycles. The predicted molar refractivity (Wildman–Crippen MR) is 70.8 cm³/mol. The molecule has 0 bridgehead atoms. The number of aromatic nitrogens is 2. The van der Waals surface area contributed by atoms with Crippen LogP contribution in [-0.4, -0.2) is 15.9 Å². The molecule has 0 spiro atoms. The van der Waals surface area contributed by atoms with E-state index >= 15 is 0 Å². The highest BCUT2D eigenvalue weighted by atomic mass is 16.1. The monoisotopic (exact) mass is 236 g/mol. The standard InChI is InChI=1S/C15H12N2O/c1-11-5-7-12(8-6-11)15-9-13-3-2-4-14(10-18)17(13)16-15/h2-10H,1H3. The number of carbonyl (C=O) groups excluding carboxylic acids is 1. The van der Waals surface area contributed by atoms with E-state index in [1.807, 2.05) is 30.3 Å². The van der Waals surface area contributed by atoms with Crippen molar-refractivity contribution < 1.29 is 4.79 Å². The van der Waals surface area contributed by atoms with Gasteiger partial charge < -0.3 is 0 Å². The summed E-state index contributed by atoms with van der Waals surface area (Å²) in [6, 6.07) is 15.7. The molecule has 1 aromatic carbocycles. The molecule has 0 amide bonds. The first-order valence-electron chi connectivity index (χ1n) is 5.79. The minimum atomic E-state index is 0.561. The largest absolute Gasteiger partial charge is 0.296 e. The predicted octanol–water partition coefficient (Wildman–Crippen LogP) is 3.12. The minimum Gasteiger partial charge on any atom is -0.296 e. The summed E-state index contributed by atoms with van der Waals surface area (Å²) in [5.74, 6) is 0. The van der Waals surface area contributed by atoms with Crippen LogP contribution in [-0.2, 0) is 0 Å². The zero-order valence-electron chi connectivity index (χ0n) is 10.00. The lowest BCUT2D eigenvalue weighted by molar-refractivity contribution is 0.111. The Labute approximate surface area is 105 Å². The summed E-state index contributed by atoms with van der Waals surface area (Å²) in [6.07, 6.45) is 0.818. The van der Waals surface area contributed by atoms with E-state index in [2.05, 4.69) is 24.2 Å². The lowest BCUT2D eigenvalue weighted by Gasteiger charge is -1.97. The molecule has 2 aromatic heterocycles. The third kappa shape index (κ3) is 1.70. The molecule has 3 nitrogen and oxygen atoms in total. The van der Waals surface area contributed by atoms with Crippen LogP contribution >= 0.6 is 0 Å². The number of carbonyl (C=O) groups is 1. The smallest absolute Gasteiger partial charge is 0.168 e. The Morgan fingerprint density at radius 2 is 1.89 bits per heavy atom. The fourth-order valence-corrected chi connectivity index (χ4v) is 1.99. The summed E-state index contributed by atoms with van der Waals surface area (Å²) in [7, 11) is 0. The van der Waals surface area contributed by atoms with Gasteiger partial charge in [-0.1, -0.05) is 35.9 Å². The van der Waals surface area contributed by atoms with Gasteiger partial charge in [-0.3, -0.25) is 4.79 Å². The lowest BCUT2D eigenvalue weighted by Crippen LogP contribution is -1.95. The van der Waals surface area contributed by atoms with Gasteiger partial charge in [0.1, 0.15) is 5.69 Å². The first-order valence-corrected chi connectivity index (χ1v) is 5.79. The molecule has 0 unspecified atom stereocenters. The van der Waals surface area contributed by atoms with Crippen molar-refractivity contribution in [2.75, 3.05) is 0 Å². The fraction of sp³-hybridized carbons (Fsp3) is 0.0667. The Balaban J connectivity index is 2.19. The minimum absolute atomic E-state index is 0.561. The first kappa shape index (κ1) is 10.7. The van der Waals surface area contributed by atoms with Gasteiger partial charge in [0.2, 0.25) is 0 Å². The Morgan fingerprint density at radius 3 is 2.61 bits per heavy atom. The number of rotatable bonds is 2. The van der Waals surface area contributed by atoms with Gasteiger partial charge in [0.05, 0.1) is 11.2 Å². The number of aldehydes is 1. The summed E-state index contributed by atoms with van der Waals surface area (Å²) >= 11 is 0. The number of hydrogen-bond donors (Lipinski definition) is 0. The van der Waals surface area contributed by atoms with E-state index in [4.69, 9.17) is 0 Å². The van der Waals surface area contributed by atoms with Crippen LogP contribution in [0, 0.1) is 6.92 Å². The SMILES string of the molecule is Cc1ccc(-c2cc3cccc(C=O)n3n2)cc1. The molecule has 18 heavy (non-hydrogen) atoms. The molecule has 0 N–H and O–H groups in total. The normalized spacial score (nSPS) is 10.7. The number of benzene rings is 1. The Morgan fingerprint density at radius 1 is 1.11 bits per heavy atom. The van der Waals surface area contributed by atoms with Crippen molar-refractivity contribution in [1.82, 2.24) is 9.61 Å². The average Bonchev–Trinajstić information content (AvgIpc) is 2.83. The Kier molecular flexibility index (Phi) is 2.45. The molecule has 0 aliphatic rings. The number of hydrogen-bond acceptors (Lipinski definition) is 2. The molecule has 3 rings (SSSR count). The molecule has 0 aliphatic carbocycles. The summed E-state index contributed by atoms with van der Waals surface area (Å²) < 4.78 is 1.67. The van der Waals surface area contributed by atoms with Crippen LogP contribution < -0.4 is 0 Å². The lowest BCUT2D eigenvalue weighted by atomic mass is 10.1. The molecule has 3 heteroatoms. The summed E-state index contributed by atoms with van der Waals surface area (Å²) in [6.45, 7) is 2.05. The molecule has 0 radical (unpaired) electrons. The maximum atomic E-state index is 11.0. The van der Waals surface area contributed by atoms with Gasteiger partial charge in [-0.15, -0.1) is 0 Å². The van der Waals surface area contributed by atoms with Crippen LogP contribution in [0.15, 0.2) is 48.5 Å².